The summed E-state index contributed by atoms with van der Waals surface area (Å²) in [5, 5.41) is 20.5. The molecule has 0 fully saturated rings. The molecule has 0 saturated carbocycles. The van der Waals surface area contributed by atoms with E-state index in [-0.39, 0.29) is 23.9 Å². The average molecular weight is 419 g/mol. The van der Waals surface area contributed by atoms with Crippen molar-refractivity contribution < 1.29 is 19.8 Å². The van der Waals surface area contributed by atoms with Crippen LogP contribution in [0.2, 0.25) is 0 Å². The van der Waals surface area contributed by atoms with Gasteiger partial charge in [-0.1, -0.05) is 24.3 Å². The van der Waals surface area contributed by atoms with Crippen molar-refractivity contribution in [3.63, 3.8) is 0 Å². The largest absolute Gasteiger partial charge is 0.508 e. The lowest BCUT2D eigenvalue weighted by Gasteiger charge is -2.09. The number of nitrogens with zero attached hydrogens (tertiary/aromatic N) is 3. The molecule has 0 saturated heterocycles. The van der Waals surface area contributed by atoms with E-state index in [0.717, 1.165) is 23.7 Å². The van der Waals surface area contributed by atoms with Crippen LogP contribution in [0.3, 0.4) is 0 Å². The number of nitrogen functional groups attached to an aromatic ring is 1. The number of aliphatic carboxylic acids is 1. The van der Waals surface area contributed by atoms with Crippen LogP contribution >= 0.6 is 0 Å². The molecule has 9 nitrogen and oxygen atoms in total. The number of para-hydroxylation sites is 1. The lowest BCUT2D eigenvalue weighted by atomic mass is 9.98. The Morgan fingerprint density at radius 2 is 1.90 bits per heavy atom. The molecule has 0 atom stereocenters. The van der Waals surface area contributed by atoms with Crippen LogP contribution in [0.4, 0.5) is 17.5 Å². The molecule has 0 amide bonds. The highest BCUT2D eigenvalue weighted by molar-refractivity contribution is 6.47. The molecule has 158 valence electrons. The summed E-state index contributed by atoms with van der Waals surface area (Å²) in [4.78, 5) is 34.1. The molecule has 1 aliphatic heterocycles. The van der Waals surface area contributed by atoms with Crippen molar-refractivity contribution in [1.29, 1.82) is 0 Å². The minimum absolute atomic E-state index is 0.102. The number of fused-ring (bicyclic) bond motifs is 1. The first-order chi connectivity index (χ1) is 14.8. The summed E-state index contributed by atoms with van der Waals surface area (Å²) < 4.78 is 0. The number of phenols is 1. The zero-order valence-corrected chi connectivity index (χ0v) is 16.7. The summed E-state index contributed by atoms with van der Waals surface area (Å²) in [6.07, 6.45) is 1.67. The maximum Gasteiger partial charge on any atom is 0.300 e. The van der Waals surface area contributed by atoms with E-state index in [4.69, 9.17) is 15.6 Å². The number of aromatic nitrogens is 2. The predicted molar refractivity (Wildman–Crippen MR) is 117 cm³/mol. The highest BCUT2D eigenvalue weighted by Crippen LogP contribution is 2.26. The third kappa shape index (κ3) is 5.63. The Morgan fingerprint density at radius 1 is 1.16 bits per heavy atom. The Morgan fingerprint density at radius 3 is 2.61 bits per heavy atom. The van der Waals surface area contributed by atoms with Gasteiger partial charge in [0.25, 0.3) is 5.97 Å². The second-order valence-electron chi connectivity index (χ2n) is 6.71. The van der Waals surface area contributed by atoms with Gasteiger partial charge in [0.05, 0.1) is 6.54 Å². The fraction of sp³-hybridized carbons (Fsp3) is 0.136. The van der Waals surface area contributed by atoms with Gasteiger partial charge in [0, 0.05) is 36.4 Å². The molecule has 3 aromatic rings. The van der Waals surface area contributed by atoms with Gasteiger partial charge in [-0.15, -0.1) is 0 Å². The summed E-state index contributed by atoms with van der Waals surface area (Å²) in [6, 6.07) is 14.3. The monoisotopic (exact) mass is 419 g/mol. The van der Waals surface area contributed by atoms with Gasteiger partial charge in [0.1, 0.15) is 17.3 Å². The van der Waals surface area contributed by atoms with Gasteiger partial charge in [0.15, 0.2) is 5.78 Å². The van der Waals surface area contributed by atoms with E-state index in [0.29, 0.717) is 23.6 Å². The predicted octanol–water partition coefficient (Wildman–Crippen LogP) is 2.71. The molecule has 0 spiro atoms. The van der Waals surface area contributed by atoms with Crippen molar-refractivity contribution in [2.75, 3.05) is 11.1 Å². The highest BCUT2D eigenvalue weighted by Gasteiger charge is 2.23. The number of aliphatic imine (C=N–C) groups is 1. The number of rotatable bonds is 5. The van der Waals surface area contributed by atoms with Crippen LogP contribution in [-0.4, -0.2) is 37.6 Å². The van der Waals surface area contributed by atoms with Crippen LogP contribution in [0.15, 0.2) is 59.7 Å². The minimum atomic E-state index is -0.833. The van der Waals surface area contributed by atoms with E-state index in [1.807, 2.05) is 18.2 Å². The van der Waals surface area contributed by atoms with Crippen molar-refractivity contribution in [2.24, 2.45) is 4.99 Å². The molecule has 4 rings (SSSR count). The van der Waals surface area contributed by atoms with Crippen molar-refractivity contribution in [1.82, 2.24) is 9.97 Å². The molecule has 1 aromatic heterocycles. The molecule has 0 radical (unpaired) electrons. The Balaban J connectivity index is 0.000000628. The van der Waals surface area contributed by atoms with Gasteiger partial charge in [-0.3, -0.25) is 14.6 Å². The van der Waals surface area contributed by atoms with Crippen LogP contribution in [0, 0.1) is 0 Å². The zero-order valence-electron chi connectivity index (χ0n) is 16.7. The van der Waals surface area contributed by atoms with E-state index in [9.17, 15) is 9.90 Å². The number of anilines is 3. The number of aromatic hydroxyl groups is 1. The van der Waals surface area contributed by atoms with Gasteiger partial charge >= 0.3 is 0 Å². The van der Waals surface area contributed by atoms with Crippen LogP contribution in [0.25, 0.3) is 0 Å². The SMILES string of the molecule is CC(=O)O.Nc1nccc(Nc2ccc3c(c2)C(C(=O)Cc2ccccc2O)=NC3)n1. The number of benzene rings is 2. The molecule has 2 heterocycles. The third-order valence-corrected chi connectivity index (χ3v) is 4.33. The Labute approximate surface area is 178 Å². The van der Waals surface area contributed by atoms with E-state index < -0.39 is 5.97 Å². The summed E-state index contributed by atoms with van der Waals surface area (Å²) in [6.45, 7) is 1.55. The topological polar surface area (TPSA) is 151 Å². The smallest absolute Gasteiger partial charge is 0.300 e. The quantitative estimate of drug-likeness (QED) is 0.493. The Hall–Kier alpha value is -4.27. The van der Waals surface area contributed by atoms with E-state index >= 15 is 0 Å². The van der Waals surface area contributed by atoms with Gasteiger partial charge in [-0.25, -0.2) is 4.98 Å². The number of carboxylic acids is 1. The molecule has 1 aliphatic rings. The number of phenolic OH excluding ortho intramolecular Hbond substituents is 1. The number of carbonyl (C=O) groups is 2. The lowest BCUT2D eigenvalue weighted by molar-refractivity contribution is -0.134. The summed E-state index contributed by atoms with van der Waals surface area (Å²) in [5.41, 5.74) is 9.18. The van der Waals surface area contributed by atoms with Crippen molar-refractivity contribution in [3.05, 3.63) is 71.4 Å². The number of carbonyl (C=O) groups excluding carboxylic acids is 1. The average Bonchev–Trinajstić information content (AvgIpc) is 3.13. The number of ketones is 1. The standard InChI is InChI=1S/C20H17N5O2.C2H4O2/c21-20-22-8-7-18(25-20)24-14-6-5-13-11-23-19(15(13)10-14)17(27)9-12-3-1-2-4-16(12)26;1-2(3)4/h1-8,10,26H,9,11H2,(H3,21,22,24,25);1H3,(H,3,4). The number of carboxylic acid groups (broad SMARTS) is 1. The molecule has 0 unspecified atom stereocenters. The second-order valence-corrected chi connectivity index (χ2v) is 6.71. The fourth-order valence-corrected chi connectivity index (χ4v) is 3.01. The summed E-state index contributed by atoms with van der Waals surface area (Å²) >= 11 is 0. The van der Waals surface area contributed by atoms with Crippen LogP contribution in [-0.2, 0) is 22.6 Å². The van der Waals surface area contributed by atoms with Gasteiger partial charge < -0.3 is 21.3 Å². The molecule has 2 aromatic carbocycles. The highest BCUT2D eigenvalue weighted by atomic mass is 16.4. The molecular weight excluding hydrogens is 398 g/mol. The maximum atomic E-state index is 12.7. The lowest BCUT2D eigenvalue weighted by Crippen LogP contribution is -2.16. The third-order valence-electron chi connectivity index (χ3n) is 4.33. The van der Waals surface area contributed by atoms with Crippen LogP contribution in [0.1, 0.15) is 23.6 Å². The number of Topliss-reactive ketones (excluding diaryl/α,β-unsaturated/α-hetero) is 1. The zero-order chi connectivity index (χ0) is 22.4. The molecule has 5 N–H and O–H groups in total. The number of nitrogens with two attached hydrogens (primary N) is 1. The van der Waals surface area contributed by atoms with E-state index in [1.54, 1.807) is 36.5 Å². The molecule has 0 bridgehead atoms. The van der Waals surface area contributed by atoms with E-state index in [2.05, 4.69) is 20.3 Å². The molecule has 0 aliphatic carbocycles. The number of nitrogens with one attached hydrogen (secondary N) is 1. The van der Waals surface area contributed by atoms with Crippen LogP contribution < -0.4 is 11.1 Å². The van der Waals surface area contributed by atoms with Crippen molar-refractivity contribution in [3.8, 4) is 5.75 Å². The second kappa shape index (κ2) is 9.49. The van der Waals surface area contributed by atoms with Crippen LogP contribution in [0.5, 0.6) is 5.75 Å². The Bertz CT molecular complexity index is 1160. The summed E-state index contributed by atoms with van der Waals surface area (Å²) in [7, 11) is 0. The number of hydrogen-bond acceptors (Lipinski definition) is 8. The molecule has 31 heavy (non-hydrogen) atoms. The first kappa shape index (κ1) is 21.4. The van der Waals surface area contributed by atoms with Gasteiger partial charge in [0.2, 0.25) is 5.95 Å². The molecule has 9 heteroatoms. The maximum absolute atomic E-state index is 12.7. The Kier molecular flexibility index (Phi) is 6.56. The van der Waals surface area contributed by atoms with Gasteiger partial charge in [-0.05, 0) is 29.8 Å². The molecular formula is C22H21N5O4. The minimum Gasteiger partial charge on any atom is -0.508 e. The normalized spacial score (nSPS) is 11.6. The van der Waals surface area contributed by atoms with Crippen molar-refractivity contribution in [2.45, 2.75) is 19.9 Å². The first-order valence-electron chi connectivity index (χ1n) is 9.36. The first-order valence-corrected chi connectivity index (χ1v) is 9.36. The fourth-order valence-electron chi connectivity index (χ4n) is 3.01. The summed E-state index contributed by atoms with van der Waals surface area (Å²) in [5.74, 6) is -0.0964. The van der Waals surface area contributed by atoms with E-state index in [1.165, 1.54) is 0 Å². The number of hydrogen-bond donors (Lipinski definition) is 4. The van der Waals surface area contributed by atoms with Crippen molar-refractivity contribution >= 4 is 34.9 Å². The van der Waals surface area contributed by atoms with Gasteiger partial charge in [-0.2, -0.15) is 4.98 Å².